The standard InChI is InChI=1S/C18H21ClF3N5O2/c1-9-7-26(15(28)14-12(19)13(10-4-5-10)24-25(14)3)8-11-6-23-16(27(9)11)17(2,29)18(20,21)22/h6,9-10,29H,4-5,7-8H2,1-3H3/t9-,17?/m0/s1. The Kier molecular flexibility index (Phi) is 4.51. The van der Waals surface area contributed by atoms with E-state index in [1.807, 2.05) is 0 Å². The van der Waals surface area contributed by atoms with E-state index in [4.69, 9.17) is 11.6 Å². The highest BCUT2D eigenvalue weighted by Gasteiger charge is 2.55. The van der Waals surface area contributed by atoms with Crippen LogP contribution >= 0.6 is 11.6 Å². The fourth-order valence-electron chi connectivity index (χ4n) is 3.83. The first kappa shape index (κ1) is 20.2. The monoisotopic (exact) mass is 431 g/mol. The van der Waals surface area contributed by atoms with Gasteiger partial charge in [-0.1, -0.05) is 11.6 Å². The minimum absolute atomic E-state index is 0.0599. The molecule has 1 unspecified atom stereocenters. The van der Waals surface area contributed by atoms with Gasteiger partial charge in [-0.05, 0) is 26.7 Å². The van der Waals surface area contributed by atoms with Crippen LogP contribution in [0.15, 0.2) is 6.20 Å². The number of imidazole rings is 1. The third-order valence-corrected chi connectivity index (χ3v) is 5.98. The molecule has 0 spiro atoms. The van der Waals surface area contributed by atoms with Crippen molar-refractivity contribution in [1.82, 2.24) is 24.2 Å². The van der Waals surface area contributed by atoms with Crippen molar-refractivity contribution in [3.63, 3.8) is 0 Å². The maximum absolute atomic E-state index is 13.3. The lowest BCUT2D eigenvalue weighted by molar-refractivity contribution is -0.263. The van der Waals surface area contributed by atoms with Crippen molar-refractivity contribution in [2.75, 3.05) is 6.54 Å². The first-order valence-electron chi connectivity index (χ1n) is 9.30. The Bertz CT molecular complexity index is 977. The Morgan fingerprint density at radius 1 is 1.34 bits per heavy atom. The Morgan fingerprint density at radius 3 is 2.59 bits per heavy atom. The zero-order valence-electron chi connectivity index (χ0n) is 16.2. The molecule has 4 rings (SSSR count). The highest BCUT2D eigenvalue weighted by Crippen LogP contribution is 2.44. The molecule has 1 aliphatic carbocycles. The lowest BCUT2D eigenvalue weighted by atomic mass is 10.0. The van der Waals surface area contributed by atoms with Crippen molar-refractivity contribution < 1.29 is 23.1 Å². The highest BCUT2D eigenvalue weighted by atomic mass is 35.5. The van der Waals surface area contributed by atoms with Crippen molar-refractivity contribution >= 4 is 17.5 Å². The van der Waals surface area contributed by atoms with Gasteiger partial charge >= 0.3 is 6.18 Å². The van der Waals surface area contributed by atoms with Gasteiger partial charge in [-0.15, -0.1) is 0 Å². The molecule has 2 aromatic heterocycles. The summed E-state index contributed by atoms with van der Waals surface area (Å²) in [5, 5.41) is 14.8. The van der Waals surface area contributed by atoms with Crippen LogP contribution in [0.25, 0.3) is 0 Å². The highest BCUT2D eigenvalue weighted by molar-refractivity contribution is 6.34. The summed E-state index contributed by atoms with van der Waals surface area (Å²) in [6.07, 6.45) is -1.62. The number of halogens is 4. The van der Waals surface area contributed by atoms with Crippen LogP contribution in [0.1, 0.15) is 66.3 Å². The van der Waals surface area contributed by atoms with Crippen LogP contribution in [0.5, 0.6) is 0 Å². The first-order chi connectivity index (χ1) is 13.4. The van der Waals surface area contributed by atoms with E-state index in [1.165, 1.54) is 20.3 Å². The summed E-state index contributed by atoms with van der Waals surface area (Å²) in [5.74, 6) is -0.529. The Hall–Kier alpha value is -2.07. The second kappa shape index (κ2) is 6.46. The van der Waals surface area contributed by atoms with Gasteiger partial charge in [-0.25, -0.2) is 4.98 Å². The quantitative estimate of drug-likeness (QED) is 0.810. The molecule has 11 heteroatoms. The van der Waals surface area contributed by atoms with Gasteiger partial charge < -0.3 is 14.6 Å². The molecule has 0 bridgehead atoms. The van der Waals surface area contributed by atoms with E-state index in [2.05, 4.69) is 10.1 Å². The number of aryl methyl sites for hydroxylation is 1. The summed E-state index contributed by atoms with van der Waals surface area (Å²) < 4.78 is 42.7. The third kappa shape index (κ3) is 3.13. The topological polar surface area (TPSA) is 76.2 Å². The smallest absolute Gasteiger partial charge is 0.374 e. The third-order valence-electron chi connectivity index (χ3n) is 5.61. The molecule has 2 aromatic rings. The van der Waals surface area contributed by atoms with Crippen LogP contribution in [0.2, 0.25) is 5.02 Å². The molecule has 1 aliphatic heterocycles. The number of fused-ring (bicyclic) bond motifs is 1. The van der Waals surface area contributed by atoms with E-state index in [0.29, 0.717) is 17.6 Å². The van der Waals surface area contributed by atoms with E-state index in [1.54, 1.807) is 14.0 Å². The van der Waals surface area contributed by atoms with Gasteiger partial charge in [-0.2, -0.15) is 18.3 Å². The van der Waals surface area contributed by atoms with Crippen molar-refractivity contribution in [1.29, 1.82) is 0 Å². The second-order valence-corrected chi connectivity index (χ2v) is 8.37. The minimum Gasteiger partial charge on any atom is -0.374 e. The van der Waals surface area contributed by atoms with Crippen LogP contribution < -0.4 is 0 Å². The van der Waals surface area contributed by atoms with Crippen LogP contribution in [0.4, 0.5) is 13.2 Å². The van der Waals surface area contributed by atoms with Crippen molar-refractivity contribution in [3.05, 3.63) is 34.1 Å². The zero-order valence-corrected chi connectivity index (χ0v) is 16.9. The largest absolute Gasteiger partial charge is 0.424 e. The number of rotatable bonds is 3. The van der Waals surface area contributed by atoms with Gasteiger partial charge in [0.15, 0.2) is 5.82 Å². The van der Waals surface area contributed by atoms with E-state index in [0.717, 1.165) is 18.5 Å². The van der Waals surface area contributed by atoms with Crippen LogP contribution in [0.3, 0.4) is 0 Å². The molecule has 29 heavy (non-hydrogen) atoms. The van der Waals surface area contributed by atoms with E-state index >= 15 is 0 Å². The number of alkyl halides is 3. The Labute approximate surface area is 170 Å². The van der Waals surface area contributed by atoms with Crippen LogP contribution in [-0.2, 0) is 19.2 Å². The fourth-order valence-corrected chi connectivity index (χ4v) is 4.22. The molecule has 2 atom stereocenters. The average Bonchev–Trinajstić information content (AvgIpc) is 3.28. The van der Waals surface area contributed by atoms with Gasteiger partial charge in [0, 0.05) is 19.5 Å². The Morgan fingerprint density at radius 2 is 2.00 bits per heavy atom. The summed E-state index contributed by atoms with van der Waals surface area (Å²) in [4.78, 5) is 18.5. The van der Waals surface area contributed by atoms with Gasteiger partial charge in [-0.3, -0.25) is 9.48 Å². The molecular formula is C18H21ClF3N5O2. The molecule has 1 saturated carbocycles. The number of carbonyl (C=O) groups excluding carboxylic acids is 1. The minimum atomic E-state index is -4.87. The molecule has 1 fully saturated rings. The van der Waals surface area contributed by atoms with Crippen molar-refractivity contribution in [2.45, 2.75) is 57.0 Å². The first-order valence-corrected chi connectivity index (χ1v) is 9.68. The van der Waals surface area contributed by atoms with Crippen LogP contribution in [0, 0.1) is 0 Å². The second-order valence-electron chi connectivity index (χ2n) is 7.99. The predicted octanol–water partition coefficient (Wildman–Crippen LogP) is 3.13. The summed E-state index contributed by atoms with van der Waals surface area (Å²) in [6.45, 7) is 2.58. The number of amides is 1. The molecule has 3 heterocycles. The number of hydrogen-bond acceptors (Lipinski definition) is 4. The number of carbonyl (C=O) groups is 1. The molecule has 1 amide bonds. The van der Waals surface area contributed by atoms with E-state index in [-0.39, 0.29) is 30.6 Å². The van der Waals surface area contributed by atoms with Crippen molar-refractivity contribution in [2.24, 2.45) is 7.05 Å². The van der Waals surface area contributed by atoms with E-state index < -0.39 is 23.6 Å². The number of nitrogens with zero attached hydrogens (tertiary/aromatic N) is 5. The van der Waals surface area contributed by atoms with E-state index in [9.17, 15) is 23.1 Å². The SMILES string of the molecule is C[C@H]1CN(C(=O)c2c(Cl)c(C3CC3)nn2C)Cc2cnc(C(C)(O)C(F)(F)F)n21. The molecule has 0 radical (unpaired) electrons. The molecule has 7 nitrogen and oxygen atoms in total. The maximum atomic E-state index is 13.3. The Balaban J connectivity index is 1.65. The lowest BCUT2D eigenvalue weighted by Crippen LogP contribution is -2.46. The maximum Gasteiger partial charge on any atom is 0.424 e. The fraction of sp³-hybridized carbons (Fsp3) is 0.611. The van der Waals surface area contributed by atoms with Gasteiger partial charge in [0.1, 0.15) is 5.69 Å². The molecule has 0 aromatic carbocycles. The number of aromatic nitrogens is 4. The molecule has 2 aliphatic rings. The normalized spacial score (nSPS) is 21.8. The number of aliphatic hydroxyl groups is 1. The zero-order chi connectivity index (χ0) is 21.3. The molecule has 158 valence electrons. The summed E-state index contributed by atoms with van der Waals surface area (Å²) in [7, 11) is 1.65. The summed E-state index contributed by atoms with van der Waals surface area (Å²) in [5.41, 5.74) is -1.68. The molecule has 0 saturated heterocycles. The summed E-state index contributed by atoms with van der Waals surface area (Å²) >= 11 is 6.42. The van der Waals surface area contributed by atoms with Gasteiger partial charge in [0.25, 0.3) is 5.91 Å². The van der Waals surface area contributed by atoms with Crippen LogP contribution in [-0.4, -0.2) is 48.0 Å². The molecule has 1 N–H and O–H groups in total. The lowest BCUT2D eigenvalue weighted by Gasteiger charge is -2.36. The number of hydrogen-bond donors (Lipinski definition) is 1. The molecular weight excluding hydrogens is 411 g/mol. The van der Waals surface area contributed by atoms with Gasteiger partial charge in [0.05, 0.1) is 35.2 Å². The van der Waals surface area contributed by atoms with Gasteiger partial charge in [0.2, 0.25) is 5.60 Å². The summed E-state index contributed by atoms with van der Waals surface area (Å²) in [6, 6.07) is -0.510. The van der Waals surface area contributed by atoms with Crippen molar-refractivity contribution in [3.8, 4) is 0 Å². The predicted molar refractivity (Wildman–Crippen MR) is 97.5 cm³/mol. The average molecular weight is 432 g/mol.